The molecule has 1 saturated heterocycles. The summed E-state index contributed by atoms with van der Waals surface area (Å²) in [5.74, 6) is 2.08. The van der Waals surface area contributed by atoms with Gasteiger partial charge in [-0.1, -0.05) is 55.8 Å². The Bertz CT molecular complexity index is 540. The van der Waals surface area contributed by atoms with Crippen molar-refractivity contribution in [2.75, 3.05) is 6.61 Å². The standard InChI is InChI=1S/C24H34O/c1-3-5-20-10-13-22(14-11-20)23-15-17-24(25-18-23)16-12-21-8-6-19(4-2)7-9-21/h4,10-14,16,19,21,23-24H,2-3,5-9,15,17-18H2,1H3/b16-12+. The number of hydrogen-bond donors (Lipinski definition) is 0. The number of aryl methyl sites for hydroxylation is 1. The highest BCUT2D eigenvalue weighted by molar-refractivity contribution is 5.26. The molecule has 1 aliphatic heterocycles. The first-order chi connectivity index (χ1) is 12.3. The molecular formula is C24H34O. The highest BCUT2D eigenvalue weighted by Crippen LogP contribution is 2.32. The first-order valence-corrected chi connectivity index (χ1v) is 10.3. The van der Waals surface area contributed by atoms with Gasteiger partial charge in [0.15, 0.2) is 0 Å². The molecule has 0 spiro atoms. The maximum atomic E-state index is 6.15. The number of ether oxygens (including phenoxy) is 1. The van der Waals surface area contributed by atoms with Crippen LogP contribution >= 0.6 is 0 Å². The molecule has 2 unspecified atom stereocenters. The monoisotopic (exact) mass is 338 g/mol. The minimum Gasteiger partial charge on any atom is -0.374 e. The van der Waals surface area contributed by atoms with E-state index >= 15 is 0 Å². The molecule has 1 aromatic rings. The summed E-state index contributed by atoms with van der Waals surface area (Å²) in [5.41, 5.74) is 2.90. The van der Waals surface area contributed by atoms with Crippen LogP contribution in [0.1, 0.15) is 68.9 Å². The molecule has 0 aromatic heterocycles. The van der Waals surface area contributed by atoms with Crippen LogP contribution in [0.5, 0.6) is 0 Å². The molecule has 1 aliphatic carbocycles. The van der Waals surface area contributed by atoms with Crippen molar-refractivity contribution in [1.29, 1.82) is 0 Å². The van der Waals surface area contributed by atoms with Crippen LogP contribution in [0.15, 0.2) is 49.1 Å². The Kier molecular flexibility index (Phi) is 6.93. The third kappa shape index (κ3) is 5.31. The maximum Gasteiger partial charge on any atom is 0.0756 e. The smallest absolute Gasteiger partial charge is 0.0756 e. The Balaban J connectivity index is 1.44. The van der Waals surface area contributed by atoms with Gasteiger partial charge in [0.1, 0.15) is 0 Å². The lowest BCUT2D eigenvalue weighted by Gasteiger charge is -2.29. The third-order valence-corrected chi connectivity index (χ3v) is 6.05. The average Bonchev–Trinajstić information content (AvgIpc) is 2.68. The lowest BCUT2D eigenvalue weighted by atomic mass is 9.81. The largest absolute Gasteiger partial charge is 0.374 e. The fourth-order valence-corrected chi connectivity index (χ4v) is 4.29. The van der Waals surface area contributed by atoms with E-state index in [4.69, 9.17) is 4.74 Å². The van der Waals surface area contributed by atoms with E-state index in [1.54, 1.807) is 0 Å². The van der Waals surface area contributed by atoms with E-state index in [1.165, 1.54) is 56.1 Å². The predicted molar refractivity (Wildman–Crippen MR) is 107 cm³/mol. The number of benzene rings is 1. The van der Waals surface area contributed by atoms with Gasteiger partial charge in [0, 0.05) is 5.92 Å². The molecule has 1 saturated carbocycles. The predicted octanol–water partition coefficient (Wildman–Crippen LogP) is 6.45. The SMILES string of the molecule is C=CC1CCC(/C=C/C2CCC(c3ccc(CCC)cc3)CO2)CC1. The van der Waals surface area contributed by atoms with Crippen molar-refractivity contribution in [2.45, 2.75) is 70.3 Å². The molecule has 1 aromatic carbocycles. The van der Waals surface area contributed by atoms with Gasteiger partial charge in [-0.15, -0.1) is 6.58 Å². The van der Waals surface area contributed by atoms with Crippen molar-refractivity contribution < 1.29 is 4.74 Å². The van der Waals surface area contributed by atoms with Crippen LogP contribution in [0.25, 0.3) is 0 Å². The summed E-state index contributed by atoms with van der Waals surface area (Å²) in [5, 5.41) is 0. The van der Waals surface area contributed by atoms with Gasteiger partial charge in [-0.25, -0.2) is 0 Å². The second-order valence-corrected chi connectivity index (χ2v) is 7.93. The molecule has 0 radical (unpaired) electrons. The van der Waals surface area contributed by atoms with E-state index in [0.29, 0.717) is 12.0 Å². The topological polar surface area (TPSA) is 9.23 Å². The quantitative estimate of drug-likeness (QED) is 0.542. The van der Waals surface area contributed by atoms with Crippen molar-refractivity contribution in [2.24, 2.45) is 11.8 Å². The van der Waals surface area contributed by atoms with E-state index in [1.807, 2.05) is 0 Å². The highest BCUT2D eigenvalue weighted by Gasteiger charge is 2.22. The lowest BCUT2D eigenvalue weighted by Crippen LogP contribution is -2.23. The second kappa shape index (κ2) is 9.38. The van der Waals surface area contributed by atoms with Crippen molar-refractivity contribution in [3.63, 3.8) is 0 Å². The molecule has 0 bridgehead atoms. The van der Waals surface area contributed by atoms with E-state index in [0.717, 1.165) is 24.9 Å². The summed E-state index contributed by atoms with van der Waals surface area (Å²) in [6.07, 6.45) is 17.3. The molecule has 0 N–H and O–H groups in total. The summed E-state index contributed by atoms with van der Waals surface area (Å²) < 4.78 is 6.15. The Morgan fingerprint density at radius 3 is 2.28 bits per heavy atom. The minimum atomic E-state index is 0.327. The van der Waals surface area contributed by atoms with Crippen LogP contribution in [0, 0.1) is 11.8 Å². The van der Waals surface area contributed by atoms with Crippen LogP contribution in [0.4, 0.5) is 0 Å². The van der Waals surface area contributed by atoms with Crippen LogP contribution in [0.3, 0.4) is 0 Å². The maximum absolute atomic E-state index is 6.15. The van der Waals surface area contributed by atoms with Crippen molar-refractivity contribution in [1.82, 2.24) is 0 Å². The molecular weight excluding hydrogens is 304 g/mol. The van der Waals surface area contributed by atoms with Gasteiger partial charge < -0.3 is 4.74 Å². The first kappa shape index (κ1) is 18.5. The Morgan fingerprint density at radius 2 is 1.68 bits per heavy atom. The summed E-state index contributed by atoms with van der Waals surface area (Å²) >= 11 is 0. The first-order valence-electron chi connectivity index (χ1n) is 10.3. The molecule has 25 heavy (non-hydrogen) atoms. The van der Waals surface area contributed by atoms with Crippen LogP contribution in [0.2, 0.25) is 0 Å². The van der Waals surface area contributed by atoms with Crippen molar-refractivity contribution in [3.8, 4) is 0 Å². The second-order valence-electron chi connectivity index (χ2n) is 7.93. The van der Waals surface area contributed by atoms with Crippen LogP contribution < -0.4 is 0 Å². The zero-order valence-electron chi connectivity index (χ0n) is 15.8. The highest BCUT2D eigenvalue weighted by atomic mass is 16.5. The summed E-state index contributed by atoms with van der Waals surface area (Å²) in [4.78, 5) is 0. The van der Waals surface area contributed by atoms with Gasteiger partial charge in [0.05, 0.1) is 12.7 Å². The van der Waals surface area contributed by atoms with E-state index in [2.05, 4.69) is 56.0 Å². The van der Waals surface area contributed by atoms with Gasteiger partial charge in [0.2, 0.25) is 0 Å². The molecule has 1 heterocycles. The number of rotatable bonds is 6. The fraction of sp³-hybridized carbons (Fsp3) is 0.583. The Hall–Kier alpha value is -1.34. The number of hydrogen-bond acceptors (Lipinski definition) is 1. The fourth-order valence-electron chi connectivity index (χ4n) is 4.29. The summed E-state index contributed by atoms with van der Waals surface area (Å²) in [6, 6.07) is 9.22. The zero-order chi connectivity index (χ0) is 17.5. The molecule has 0 amide bonds. The summed E-state index contributed by atoms with van der Waals surface area (Å²) in [6.45, 7) is 7.04. The third-order valence-electron chi connectivity index (χ3n) is 6.05. The molecule has 3 rings (SSSR count). The van der Waals surface area contributed by atoms with Gasteiger partial charge >= 0.3 is 0 Å². The van der Waals surface area contributed by atoms with Gasteiger partial charge in [-0.3, -0.25) is 0 Å². The van der Waals surface area contributed by atoms with Gasteiger partial charge in [-0.05, 0) is 67.9 Å². The molecule has 2 atom stereocenters. The number of allylic oxidation sites excluding steroid dienone is 2. The molecule has 1 nitrogen and oxygen atoms in total. The Labute approximate surface area is 154 Å². The minimum absolute atomic E-state index is 0.327. The molecule has 1 heteroatoms. The van der Waals surface area contributed by atoms with E-state index in [9.17, 15) is 0 Å². The van der Waals surface area contributed by atoms with Gasteiger partial charge in [0.25, 0.3) is 0 Å². The van der Waals surface area contributed by atoms with Crippen molar-refractivity contribution in [3.05, 3.63) is 60.2 Å². The van der Waals surface area contributed by atoms with Crippen LogP contribution in [-0.2, 0) is 11.2 Å². The van der Waals surface area contributed by atoms with Crippen molar-refractivity contribution >= 4 is 0 Å². The molecule has 2 aliphatic rings. The lowest BCUT2D eigenvalue weighted by molar-refractivity contribution is 0.0323. The Morgan fingerprint density at radius 1 is 0.960 bits per heavy atom. The zero-order valence-corrected chi connectivity index (χ0v) is 15.8. The molecule has 136 valence electrons. The van der Waals surface area contributed by atoms with Crippen LogP contribution in [-0.4, -0.2) is 12.7 Å². The normalized spacial score (nSPS) is 30.4. The average molecular weight is 339 g/mol. The molecule has 2 fully saturated rings. The van der Waals surface area contributed by atoms with E-state index < -0.39 is 0 Å². The van der Waals surface area contributed by atoms with Gasteiger partial charge in [-0.2, -0.15) is 0 Å². The van der Waals surface area contributed by atoms with E-state index in [-0.39, 0.29) is 0 Å². The summed E-state index contributed by atoms with van der Waals surface area (Å²) in [7, 11) is 0.